The minimum Gasteiger partial charge on any atom is -0.376 e. The van der Waals surface area contributed by atoms with Crippen molar-refractivity contribution in [3.05, 3.63) is 20.3 Å². The highest BCUT2D eigenvalue weighted by molar-refractivity contribution is 9.11. The molecule has 84 valence electrons. The van der Waals surface area contributed by atoms with Gasteiger partial charge in [-0.1, -0.05) is 6.92 Å². The first kappa shape index (κ1) is 11.6. The maximum absolute atomic E-state index is 6.24. The topological polar surface area (TPSA) is 35.2 Å². The number of halogens is 1. The first-order valence-electron chi connectivity index (χ1n) is 5.22. The van der Waals surface area contributed by atoms with Crippen LogP contribution in [0.3, 0.4) is 0 Å². The molecule has 0 bridgehead atoms. The number of nitrogens with two attached hydrogens (primary N) is 1. The van der Waals surface area contributed by atoms with Gasteiger partial charge in [-0.25, -0.2) is 0 Å². The summed E-state index contributed by atoms with van der Waals surface area (Å²) in [6.45, 7) is 5.16. The molecule has 1 fully saturated rings. The molecule has 0 aromatic carbocycles. The third-order valence-electron chi connectivity index (χ3n) is 3.00. The summed E-state index contributed by atoms with van der Waals surface area (Å²) in [6.07, 6.45) is 1.32. The van der Waals surface area contributed by atoms with Gasteiger partial charge in [0, 0.05) is 11.5 Å². The van der Waals surface area contributed by atoms with Crippen LogP contribution in [0.15, 0.2) is 9.85 Å². The Morgan fingerprint density at radius 3 is 2.87 bits per heavy atom. The maximum atomic E-state index is 6.24. The van der Waals surface area contributed by atoms with Gasteiger partial charge in [0.15, 0.2) is 0 Å². The fourth-order valence-corrected chi connectivity index (χ4v) is 3.59. The van der Waals surface area contributed by atoms with Gasteiger partial charge in [-0.2, -0.15) is 0 Å². The number of ether oxygens (including phenoxy) is 1. The van der Waals surface area contributed by atoms with E-state index < -0.39 is 0 Å². The van der Waals surface area contributed by atoms with Crippen LogP contribution in [0.25, 0.3) is 0 Å². The van der Waals surface area contributed by atoms with Crippen molar-refractivity contribution in [3.63, 3.8) is 0 Å². The predicted octanol–water partition coefficient (Wildman–Crippen LogP) is 3.24. The van der Waals surface area contributed by atoms with Gasteiger partial charge in [-0.3, -0.25) is 0 Å². The summed E-state index contributed by atoms with van der Waals surface area (Å²) in [7, 11) is 0. The van der Waals surface area contributed by atoms with Crippen molar-refractivity contribution >= 4 is 27.3 Å². The van der Waals surface area contributed by atoms with E-state index in [1.54, 1.807) is 11.3 Å². The quantitative estimate of drug-likeness (QED) is 0.907. The van der Waals surface area contributed by atoms with E-state index in [2.05, 4.69) is 35.8 Å². The Hall–Kier alpha value is 0.100. The van der Waals surface area contributed by atoms with Gasteiger partial charge in [0.2, 0.25) is 0 Å². The zero-order chi connectivity index (χ0) is 11.0. The number of hydrogen-bond acceptors (Lipinski definition) is 3. The molecule has 2 rings (SSSR count). The highest BCUT2D eigenvalue weighted by Gasteiger charge is 2.31. The Bertz CT molecular complexity index is 333. The molecule has 0 aliphatic carbocycles. The van der Waals surface area contributed by atoms with Crippen molar-refractivity contribution in [2.45, 2.75) is 32.4 Å². The molecule has 2 nitrogen and oxygen atoms in total. The molecule has 2 heterocycles. The van der Waals surface area contributed by atoms with E-state index >= 15 is 0 Å². The number of rotatable bonds is 2. The molecule has 0 saturated carbocycles. The van der Waals surface area contributed by atoms with Crippen LogP contribution in [0.4, 0.5) is 0 Å². The van der Waals surface area contributed by atoms with Gasteiger partial charge in [0.05, 0.1) is 15.9 Å². The third-order valence-corrected chi connectivity index (χ3v) is 5.24. The molecule has 2 N–H and O–H groups in total. The van der Waals surface area contributed by atoms with Gasteiger partial charge < -0.3 is 10.5 Å². The van der Waals surface area contributed by atoms with Crippen LogP contribution in [0.1, 0.15) is 29.8 Å². The molecule has 0 radical (unpaired) electrons. The van der Waals surface area contributed by atoms with Crippen LogP contribution < -0.4 is 5.73 Å². The Labute approximate surface area is 103 Å². The minimum atomic E-state index is 0.0255. The SMILES string of the molecule is Cc1cc(C(N)C2OCCC2C)sc1Br. The second-order valence-corrected chi connectivity index (χ2v) is 6.63. The maximum Gasteiger partial charge on any atom is 0.0801 e. The van der Waals surface area contributed by atoms with Gasteiger partial charge in [0.25, 0.3) is 0 Å². The standard InChI is InChI=1S/C11H16BrNOS/c1-6-3-4-14-10(6)9(13)8-5-7(2)11(12)15-8/h5-6,9-10H,3-4,13H2,1-2H3. The van der Waals surface area contributed by atoms with Crippen LogP contribution in [-0.2, 0) is 4.74 Å². The molecule has 0 spiro atoms. The smallest absolute Gasteiger partial charge is 0.0801 e. The second kappa shape index (κ2) is 4.53. The van der Waals surface area contributed by atoms with Crippen LogP contribution in [0.5, 0.6) is 0 Å². The lowest BCUT2D eigenvalue weighted by atomic mass is 9.97. The van der Waals surface area contributed by atoms with Crippen LogP contribution in [0.2, 0.25) is 0 Å². The largest absolute Gasteiger partial charge is 0.376 e. The molecule has 3 atom stereocenters. The summed E-state index contributed by atoms with van der Waals surface area (Å²) in [6, 6.07) is 2.19. The number of hydrogen-bond donors (Lipinski definition) is 1. The van der Waals surface area contributed by atoms with Crippen LogP contribution in [-0.4, -0.2) is 12.7 Å². The summed E-state index contributed by atoms with van der Waals surface area (Å²) >= 11 is 5.25. The van der Waals surface area contributed by atoms with E-state index in [0.29, 0.717) is 5.92 Å². The van der Waals surface area contributed by atoms with Crippen LogP contribution >= 0.6 is 27.3 Å². The van der Waals surface area contributed by atoms with E-state index in [4.69, 9.17) is 10.5 Å². The highest BCUT2D eigenvalue weighted by atomic mass is 79.9. The Morgan fingerprint density at radius 2 is 2.40 bits per heavy atom. The third kappa shape index (κ3) is 2.28. The molecule has 1 saturated heterocycles. The van der Waals surface area contributed by atoms with E-state index in [9.17, 15) is 0 Å². The number of thiophene rings is 1. The molecule has 1 aromatic rings. The average molecular weight is 290 g/mol. The first-order chi connectivity index (χ1) is 7.09. The fraction of sp³-hybridized carbons (Fsp3) is 0.636. The van der Waals surface area contributed by atoms with Gasteiger partial charge in [-0.15, -0.1) is 11.3 Å². The molecule has 4 heteroatoms. The monoisotopic (exact) mass is 289 g/mol. The van der Waals surface area contributed by atoms with E-state index in [1.807, 2.05) is 0 Å². The van der Waals surface area contributed by atoms with Gasteiger partial charge in [-0.05, 0) is 46.8 Å². The Kier molecular flexibility index (Phi) is 3.50. The summed E-state index contributed by atoms with van der Waals surface area (Å²) < 4.78 is 6.88. The second-order valence-electron chi connectivity index (χ2n) is 4.23. The van der Waals surface area contributed by atoms with E-state index in [1.165, 1.54) is 14.2 Å². The van der Waals surface area contributed by atoms with Crippen molar-refractivity contribution in [3.8, 4) is 0 Å². The number of aryl methyl sites for hydroxylation is 1. The average Bonchev–Trinajstić information content (AvgIpc) is 2.74. The normalized spacial score (nSPS) is 28.3. The summed E-state index contributed by atoms with van der Waals surface area (Å²) in [5.41, 5.74) is 7.50. The van der Waals surface area contributed by atoms with E-state index in [0.717, 1.165) is 13.0 Å². The predicted molar refractivity (Wildman–Crippen MR) is 67.2 cm³/mol. The lowest BCUT2D eigenvalue weighted by Gasteiger charge is -2.21. The molecule has 3 unspecified atom stereocenters. The van der Waals surface area contributed by atoms with Gasteiger partial charge >= 0.3 is 0 Å². The van der Waals surface area contributed by atoms with Crippen molar-refractivity contribution in [1.82, 2.24) is 0 Å². The Morgan fingerprint density at radius 1 is 1.67 bits per heavy atom. The van der Waals surface area contributed by atoms with Crippen molar-refractivity contribution in [2.24, 2.45) is 11.7 Å². The van der Waals surface area contributed by atoms with Crippen LogP contribution in [0, 0.1) is 12.8 Å². The Balaban J connectivity index is 2.16. The fourth-order valence-electron chi connectivity index (χ4n) is 1.99. The zero-order valence-corrected chi connectivity index (χ0v) is 11.4. The summed E-state index contributed by atoms with van der Waals surface area (Å²) in [5.74, 6) is 0.571. The molecule has 1 aliphatic heterocycles. The lowest BCUT2D eigenvalue weighted by Crippen LogP contribution is -2.29. The lowest BCUT2D eigenvalue weighted by molar-refractivity contribution is 0.0734. The zero-order valence-electron chi connectivity index (χ0n) is 9.00. The highest BCUT2D eigenvalue weighted by Crippen LogP contribution is 2.36. The molecular formula is C11H16BrNOS. The molecule has 1 aromatic heterocycles. The molecule has 1 aliphatic rings. The van der Waals surface area contributed by atoms with Crippen molar-refractivity contribution in [1.29, 1.82) is 0 Å². The van der Waals surface area contributed by atoms with Crippen molar-refractivity contribution < 1.29 is 4.74 Å². The summed E-state index contributed by atoms with van der Waals surface area (Å²) in [4.78, 5) is 1.22. The van der Waals surface area contributed by atoms with Crippen molar-refractivity contribution in [2.75, 3.05) is 6.61 Å². The summed E-state index contributed by atoms with van der Waals surface area (Å²) in [5, 5.41) is 0. The van der Waals surface area contributed by atoms with E-state index in [-0.39, 0.29) is 12.1 Å². The van der Waals surface area contributed by atoms with Gasteiger partial charge in [0.1, 0.15) is 0 Å². The minimum absolute atomic E-state index is 0.0255. The molecular weight excluding hydrogens is 274 g/mol. The molecule has 15 heavy (non-hydrogen) atoms. The molecule has 0 amide bonds. The first-order valence-corrected chi connectivity index (χ1v) is 6.83.